The first-order valence-corrected chi connectivity index (χ1v) is 4.57. The molecule has 0 rings (SSSR count). The van der Waals surface area contributed by atoms with Crippen molar-refractivity contribution in [2.24, 2.45) is 5.92 Å². The molecule has 0 N–H and O–H groups in total. The number of ether oxygens (including phenoxy) is 2. The van der Waals surface area contributed by atoms with Crippen molar-refractivity contribution >= 4 is 12.6 Å². The van der Waals surface area contributed by atoms with Gasteiger partial charge in [0.05, 0.1) is 13.2 Å². The molecule has 68 valence electrons. The highest BCUT2D eigenvalue weighted by atomic mass is 32.1. The summed E-state index contributed by atoms with van der Waals surface area (Å²) in [7, 11) is 3.45. The summed E-state index contributed by atoms with van der Waals surface area (Å²) in [6.45, 7) is 1.59. The van der Waals surface area contributed by atoms with Gasteiger partial charge in [-0.3, -0.25) is 0 Å². The molecule has 0 radical (unpaired) electrons. The molecule has 0 saturated heterocycles. The lowest BCUT2D eigenvalue weighted by Gasteiger charge is -2.13. The van der Waals surface area contributed by atoms with Crippen LogP contribution in [0.1, 0.15) is 12.8 Å². The minimum absolute atomic E-state index is 0.539. The molecule has 0 saturated carbocycles. The molecule has 0 unspecified atom stereocenters. The molecule has 0 amide bonds. The van der Waals surface area contributed by atoms with Gasteiger partial charge in [0.15, 0.2) is 0 Å². The first kappa shape index (κ1) is 11.3. The van der Waals surface area contributed by atoms with Gasteiger partial charge in [0.1, 0.15) is 0 Å². The minimum atomic E-state index is 0.539. The first-order valence-electron chi connectivity index (χ1n) is 3.93. The summed E-state index contributed by atoms with van der Waals surface area (Å²) in [5, 5.41) is 0. The van der Waals surface area contributed by atoms with E-state index in [1.807, 2.05) is 0 Å². The van der Waals surface area contributed by atoms with E-state index in [-0.39, 0.29) is 0 Å². The molecule has 0 aromatic rings. The Labute approximate surface area is 74.7 Å². The van der Waals surface area contributed by atoms with Crippen molar-refractivity contribution in [2.75, 3.05) is 33.2 Å². The number of hydrogen-bond donors (Lipinski definition) is 1. The lowest BCUT2D eigenvalue weighted by Crippen LogP contribution is -2.14. The van der Waals surface area contributed by atoms with Crippen LogP contribution in [0.3, 0.4) is 0 Å². The Bertz CT molecular complexity index is 72.5. The Kier molecular flexibility index (Phi) is 8.57. The molecule has 3 heteroatoms. The van der Waals surface area contributed by atoms with Crippen molar-refractivity contribution in [3.8, 4) is 0 Å². The van der Waals surface area contributed by atoms with E-state index in [2.05, 4.69) is 12.6 Å². The molecule has 11 heavy (non-hydrogen) atoms. The van der Waals surface area contributed by atoms with Gasteiger partial charge in [0.2, 0.25) is 0 Å². The normalized spacial score (nSPS) is 10.9. The Morgan fingerprint density at radius 3 is 2.09 bits per heavy atom. The molecule has 0 bridgehead atoms. The zero-order valence-corrected chi connectivity index (χ0v) is 8.27. The average molecular weight is 178 g/mol. The second-order valence-electron chi connectivity index (χ2n) is 2.64. The van der Waals surface area contributed by atoms with Gasteiger partial charge < -0.3 is 9.47 Å². The molecule has 0 aliphatic rings. The molecule has 2 nitrogen and oxygen atoms in total. The number of methoxy groups -OCH3 is 2. The Morgan fingerprint density at radius 1 is 1.18 bits per heavy atom. The van der Waals surface area contributed by atoms with E-state index >= 15 is 0 Å². The van der Waals surface area contributed by atoms with Crippen molar-refractivity contribution in [3.05, 3.63) is 0 Å². The molecule has 0 aliphatic carbocycles. The van der Waals surface area contributed by atoms with Crippen LogP contribution in [0.25, 0.3) is 0 Å². The fraction of sp³-hybridized carbons (Fsp3) is 1.00. The SMILES string of the molecule is COCC(CCCS)COC. The molecular weight excluding hydrogens is 160 g/mol. The Morgan fingerprint density at radius 2 is 1.73 bits per heavy atom. The van der Waals surface area contributed by atoms with Gasteiger partial charge >= 0.3 is 0 Å². The van der Waals surface area contributed by atoms with Crippen LogP contribution >= 0.6 is 12.6 Å². The van der Waals surface area contributed by atoms with E-state index in [0.717, 1.165) is 31.8 Å². The van der Waals surface area contributed by atoms with Crippen LogP contribution in [0.5, 0.6) is 0 Å². The number of thiol groups is 1. The summed E-state index contributed by atoms with van der Waals surface area (Å²) in [4.78, 5) is 0. The van der Waals surface area contributed by atoms with Gasteiger partial charge in [-0.1, -0.05) is 0 Å². The highest BCUT2D eigenvalue weighted by molar-refractivity contribution is 7.80. The molecule has 0 aromatic carbocycles. The second kappa shape index (κ2) is 8.37. The van der Waals surface area contributed by atoms with Crippen LogP contribution in [-0.2, 0) is 9.47 Å². The van der Waals surface area contributed by atoms with Gasteiger partial charge in [-0.2, -0.15) is 12.6 Å². The zero-order chi connectivity index (χ0) is 8.53. The molecule has 0 fully saturated rings. The average Bonchev–Trinajstić information content (AvgIpc) is 2.01. The summed E-state index contributed by atoms with van der Waals surface area (Å²) < 4.78 is 10.1. The van der Waals surface area contributed by atoms with Gasteiger partial charge in [-0.15, -0.1) is 0 Å². The van der Waals surface area contributed by atoms with Crippen molar-refractivity contribution in [1.29, 1.82) is 0 Å². The van der Waals surface area contributed by atoms with Gasteiger partial charge in [-0.05, 0) is 18.6 Å². The van der Waals surface area contributed by atoms with Crippen LogP contribution in [0.4, 0.5) is 0 Å². The van der Waals surface area contributed by atoms with Crippen LogP contribution in [-0.4, -0.2) is 33.2 Å². The number of rotatable bonds is 7. The third-order valence-electron chi connectivity index (χ3n) is 1.58. The largest absolute Gasteiger partial charge is 0.384 e. The summed E-state index contributed by atoms with van der Waals surface area (Å²) in [6, 6.07) is 0. The maximum Gasteiger partial charge on any atom is 0.0512 e. The van der Waals surface area contributed by atoms with E-state index in [1.54, 1.807) is 14.2 Å². The molecule has 0 aromatic heterocycles. The maximum atomic E-state index is 5.05. The predicted octanol–water partition coefficient (Wildman–Crippen LogP) is 1.61. The van der Waals surface area contributed by atoms with E-state index in [4.69, 9.17) is 9.47 Å². The third-order valence-corrected chi connectivity index (χ3v) is 1.89. The highest BCUT2D eigenvalue weighted by Crippen LogP contribution is 2.07. The van der Waals surface area contributed by atoms with Gasteiger partial charge in [0.25, 0.3) is 0 Å². The van der Waals surface area contributed by atoms with Crippen molar-refractivity contribution in [2.45, 2.75) is 12.8 Å². The molecular formula is C8H18O2S. The molecule has 0 spiro atoms. The number of hydrogen-bond acceptors (Lipinski definition) is 3. The zero-order valence-electron chi connectivity index (χ0n) is 7.38. The van der Waals surface area contributed by atoms with Crippen molar-refractivity contribution in [1.82, 2.24) is 0 Å². The van der Waals surface area contributed by atoms with Crippen LogP contribution in [0.2, 0.25) is 0 Å². The quantitative estimate of drug-likeness (QED) is 0.597. The Hall–Kier alpha value is 0.270. The van der Waals surface area contributed by atoms with Crippen LogP contribution in [0, 0.1) is 5.92 Å². The lowest BCUT2D eigenvalue weighted by atomic mass is 10.1. The summed E-state index contributed by atoms with van der Waals surface area (Å²) in [5.41, 5.74) is 0. The van der Waals surface area contributed by atoms with Crippen molar-refractivity contribution in [3.63, 3.8) is 0 Å². The smallest absolute Gasteiger partial charge is 0.0512 e. The molecule has 0 heterocycles. The lowest BCUT2D eigenvalue weighted by molar-refractivity contribution is 0.0803. The third kappa shape index (κ3) is 6.66. The van der Waals surface area contributed by atoms with Crippen molar-refractivity contribution < 1.29 is 9.47 Å². The summed E-state index contributed by atoms with van der Waals surface area (Å²) in [5.74, 6) is 1.49. The monoisotopic (exact) mass is 178 g/mol. The summed E-state index contributed by atoms with van der Waals surface area (Å²) in [6.07, 6.45) is 2.28. The standard InChI is InChI=1S/C8H18O2S/c1-9-6-8(7-10-2)4-3-5-11/h8,11H,3-7H2,1-2H3. The Balaban J connectivity index is 3.34. The highest BCUT2D eigenvalue weighted by Gasteiger charge is 2.06. The molecule has 0 atom stereocenters. The van der Waals surface area contributed by atoms with E-state index in [9.17, 15) is 0 Å². The van der Waals surface area contributed by atoms with Gasteiger partial charge in [-0.25, -0.2) is 0 Å². The van der Waals surface area contributed by atoms with Crippen LogP contribution in [0.15, 0.2) is 0 Å². The topological polar surface area (TPSA) is 18.5 Å². The fourth-order valence-electron chi connectivity index (χ4n) is 1.07. The predicted molar refractivity (Wildman–Crippen MR) is 50.3 cm³/mol. The molecule has 0 aliphatic heterocycles. The van der Waals surface area contributed by atoms with Gasteiger partial charge in [0, 0.05) is 20.1 Å². The van der Waals surface area contributed by atoms with Crippen LogP contribution < -0.4 is 0 Å². The summed E-state index contributed by atoms with van der Waals surface area (Å²) >= 11 is 4.15. The second-order valence-corrected chi connectivity index (χ2v) is 3.09. The fourth-order valence-corrected chi connectivity index (χ4v) is 1.25. The van der Waals surface area contributed by atoms with E-state index in [1.165, 1.54) is 0 Å². The first-order chi connectivity index (χ1) is 5.35. The van der Waals surface area contributed by atoms with E-state index in [0.29, 0.717) is 5.92 Å². The van der Waals surface area contributed by atoms with E-state index < -0.39 is 0 Å². The maximum absolute atomic E-state index is 5.05. The minimum Gasteiger partial charge on any atom is -0.384 e.